The molecule has 44 heavy (non-hydrogen) atoms. The number of halogens is 10. The number of carbonyl (C=O) groups is 2. The number of nitrogens with one attached hydrogen (secondary N) is 2. The Balaban J connectivity index is 1.72. The van der Waals surface area contributed by atoms with Crippen LogP contribution in [0.2, 0.25) is 0 Å². The van der Waals surface area contributed by atoms with E-state index in [2.05, 4.69) is 5.32 Å². The van der Waals surface area contributed by atoms with Gasteiger partial charge in [0.15, 0.2) is 12.2 Å². The summed E-state index contributed by atoms with van der Waals surface area (Å²) < 4.78 is 130. The van der Waals surface area contributed by atoms with Gasteiger partial charge in [-0.25, -0.2) is 0 Å². The van der Waals surface area contributed by atoms with E-state index >= 15 is 0 Å². The van der Waals surface area contributed by atoms with Crippen molar-refractivity contribution in [2.24, 2.45) is 0 Å². The topological polar surface area (TPSA) is 76.7 Å². The van der Waals surface area contributed by atoms with E-state index in [9.17, 15) is 49.1 Å². The number of alkyl halides is 9. The molecule has 0 bridgehead atoms. The maximum Gasteiger partial charge on any atom is 0.416 e. The molecule has 0 aliphatic carbocycles. The van der Waals surface area contributed by atoms with Crippen LogP contribution < -0.4 is 20.1 Å². The van der Waals surface area contributed by atoms with Crippen LogP contribution in [-0.2, 0) is 28.1 Å². The molecule has 3 aromatic carbocycles. The summed E-state index contributed by atoms with van der Waals surface area (Å²) in [6.45, 7) is 3.96. The molecular weight excluding hydrogens is 726 g/mol. The van der Waals surface area contributed by atoms with Crippen LogP contribution in [0.4, 0.5) is 50.9 Å². The standard InChI is InChI=1S/C28H22F9IN2O4/c1-13-7-16(26(29,30)31)10-19(8-13)39-24(41)14(2)43-21-5-4-6-22(23(21)38)44-15(3)25(42)40-20-11-17(27(32,33)34)9-18(12-20)28(35,36)37/h4-12,14-15H,1-3H3,(H,39,41)(H,40,42)/t14-,15-/m1/s1. The SMILES string of the molecule is Cc1cc(NC(=O)[C@@H](C)Oc2cccc(O[C@H](C)C(=O)Nc3cc(C(F)(F)F)cc(C(F)(F)F)c3)c2I)cc(C(F)(F)F)c1. The van der Waals surface area contributed by atoms with Crippen molar-refractivity contribution in [2.45, 2.75) is 51.5 Å². The van der Waals surface area contributed by atoms with Gasteiger partial charge in [0.2, 0.25) is 0 Å². The van der Waals surface area contributed by atoms with E-state index in [-0.39, 0.29) is 32.4 Å². The number of aryl methyl sites for hydroxylation is 1. The lowest BCUT2D eigenvalue weighted by atomic mass is 10.1. The molecule has 6 nitrogen and oxygen atoms in total. The Hall–Kier alpha value is -3.70. The first-order valence-corrected chi connectivity index (χ1v) is 13.4. The summed E-state index contributed by atoms with van der Waals surface area (Å²) >= 11 is 1.76. The van der Waals surface area contributed by atoms with Crippen molar-refractivity contribution in [1.29, 1.82) is 0 Å². The van der Waals surface area contributed by atoms with Crippen molar-refractivity contribution in [3.8, 4) is 11.5 Å². The van der Waals surface area contributed by atoms with Gasteiger partial charge in [0.1, 0.15) is 11.5 Å². The van der Waals surface area contributed by atoms with Crippen LogP contribution >= 0.6 is 22.6 Å². The van der Waals surface area contributed by atoms with Crippen LogP contribution in [0.15, 0.2) is 54.6 Å². The fourth-order valence-corrected chi connectivity index (χ4v) is 4.31. The summed E-state index contributed by atoms with van der Waals surface area (Å²) in [4.78, 5) is 25.3. The number of carbonyl (C=O) groups excluding carboxylic acids is 2. The molecule has 0 saturated carbocycles. The fourth-order valence-electron chi connectivity index (χ4n) is 3.69. The molecule has 0 aliphatic heterocycles. The summed E-state index contributed by atoms with van der Waals surface area (Å²) in [6.07, 6.45) is -17.5. The van der Waals surface area contributed by atoms with Crippen molar-refractivity contribution >= 4 is 45.8 Å². The Labute approximate surface area is 258 Å². The van der Waals surface area contributed by atoms with E-state index in [0.717, 1.165) is 12.1 Å². The molecule has 0 fully saturated rings. The zero-order chi connectivity index (χ0) is 33.2. The molecule has 3 rings (SSSR count). The number of rotatable bonds is 8. The maximum atomic E-state index is 13.1. The lowest BCUT2D eigenvalue weighted by Gasteiger charge is -2.20. The smallest absolute Gasteiger partial charge is 0.416 e. The average Bonchev–Trinajstić information content (AvgIpc) is 2.88. The van der Waals surface area contributed by atoms with E-state index in [4.69, 9.17) is 9.47 Å². The number of benzene rings is 3. The van der Waals surface area contributed by atoms with Gasteiger partial charge in [-0.1, -0.05) is 6.07 Å². The highest BCUT2D eigenvalue weighted by Crippen LogP contribution is 2.38. The molecule has 2 atom stereocenters. The van der Waals surface area contributed by atoms with Crippen LogP contribution in [0, 0.1) is 10.5 Å². The van der Waals surface area contributed by atoms with E-state index in [0.29, 0.717) is 12.1 Å². The second-order valence-corrected chi connectivity index (χ2v) is 10.5. The van der Waals surface area contributed by atoms with Gasteiger partial charge in [0.25, 0.3) is 11.8 Å². The molecule has 0 aliphatic rings. The molecule has 0 heterocycles. The average molecular weight is 748 g/mol. The van der Waals surface area contributed by atoms with Crippen LogP contribution in [0.5, 0.6) is 11.5 Å². The predicted octanol–water partition coefficient (Wildman–Crippen LogP) is 8.47. The summed E-state index contributed by atoms with van der Waals surface area (Å²) in [7, 11) is 0. The number of anilines is 2. The van der Waals surface area contributed by atoms with E-state index in [1.807, 2.05) is 5.32 Å². The van der Waals surface area contributed by atoms with Gasteiger partial charge in [-0.05, 0) is 97.5 Å². The molecule has 238 valence electrons. The second-order valence-electron chi connectivity index (χ2n) is 9.45. The highest BCUT2D eigenvalue weighted by atomic mass is 127. The second kappa shape index (κ2) is 13.1. The van der Waals surface area contributed by atoms with Gasteiger partial charge >= 0.3 is 18.5 Å². The highest BCUT2D eigenvalue weighted by Gasteiger charge is 2.37. The Morgan fingerprint density at radius 3 is 1.41 bits per heavy atom. The zero-order valence-electron chi connectivity index (χ0n) is 22.8. The van der Waals surface area contributed by atoms with Crippen molar-refractivity contribution in [2.75, 3.05) is 10.6 Å². The van der Waals surface area contributed by atoms with Crippen LogP contribution in [0.3, 0.4) is 0 Å². The molecule has 16 heteroatoms. The minimum Gasteiger partial charge on any atom is -0.480 e. The molecule has 0 saturated heterocycles. The van der Waals surface area contributed by atoms with E-state index in [1.165, 1.54) is 45.0 Å². The molecule has 2 amide bonds. The van der Waals surface area contributed by atoms with Gasteiger partial charge in [-0.3, -0.25) is 9.59 Å². The molecule has 0 spiro atoms. The van der Waals surface area contributed by atoms with Gasteiger partial charge in [-0.15, -0.1) is 0 Å². The minimum absolute atomic E-state index is 0.0203. The van der Waals surface area contributed by atoms with Crippen molar-refractivity contribution in [3.05, 3.63) is 80.4 Å². The first kappa shape index (κ1) is 34.8. The predicted molar refractivity (Wildman–Crippen MR) is 149 cm³/mol. The van der Waals surface area contributed by atoms with Gasteiger partial charge < -0.3 is 20.1 Å². The number of amides is 2. The Bertz CT molecular complexity index is 1510. The van der Waals surface area contributed by atoms with Crippen LogP contribution in [0.25, 0.3) is 0 Å². The minimum atomic E-state index is -5.11. The summed E-state index contributed by atoms with van der Waals surface area (Å²) in [5.74, 6) is -1.75. The third-order valence-corrected chi connectivity index (χ3v) is 6.86. The number of hydrogen-bond donors (Lipinski definition) is 2. The van der Waals surface area contributed by atoms with Crippen LogP contribution in [0.1, 0.15) is 36.1 Å². The van der Waals surface area contributed by atoms with Crippen molar-refractivity contribution in [3.63, 3.8) is 0 Å². The largest absolute Gasteiger partial charge is 0.480 e. The van der Waals surface area contributed by atoms with Gasteiger partial charge in [-0.2, -0.15) is 39.5 Å². The van der Waals surface area contributed by atoms with E-state index < -0.39 is 64.9 Å². The molecule has 0 radical (unpaired) electrons. The quantitative estimate of drug-likeness (QED) is 0.179. The Kier molecular flexibility index (Phi) is 10.4. The molecule has 0 unspecified atom stereocenters. The zero-order valence-corrected chi connectivity index (χ0v) is 24.9. The number of hydrogen-bond acceptors (Lipinski definition) is 4. The molecule has 3 aromatic rings. The van der Waals surface area contributed by atoms with Gasteiger partial charge in [0, 0.05) is 11.4 Å². The fraction of sp³-hybridized carbons (Fsp3) is 0.286. The summed E-state index contributed by atoms with van der Waals surface area (Å²) in [5, 5.41) is 4.34. The molecule has 0 aromatic heterocycles. The summed E-state index contributed by atoms with van der Waals surface area (Å²) in [5.41, 5.74) is -4.78. The summed E-state index contributed by atoms with van der Waals surface area (Å²) in [6, 6.07) is 7.89. The maximum absolute atomic E-state index is 13.1. The monoisotopic (exact) mass is 748 g/mol. The first-order valence-electron chi connectivity index (χ1n) is 12.4. The van der Waals surface area contributed by atoms with E-state index in [1.54, 1.807) is 22.6 Å². The van der Waals surface area contributed by atoms with Crippen molar-refractivity contribution < 1.29 is 58.6 Å². The molecular formula is C28H22F9IN2O4. The normalized spacial score (nSPS) is 13.6. The first-order chi connectivity index (χ1) is 20.1. The number of ether oxygens (including phenoxy) is 2. The highest BCUT2D eigenvalue weighted by molar-refractivity contribution is 14.1. The van der Waals surface area contributed by atoms with Crippen molar-refractivity contribution in [1.82, 2.24) is 0 Å². The third-order valence-electron chi connectivity index (χ3n) is 5.80. The van der Waals surface area contributed by atoms with Gasteiger partial charge in [0.05, 0.1) is 20.3 Å². The van der Waals surface area contributed by atoms with Crippen LogP contribution in [-0.4, -0.2) is 24.0 Å². The Morgan fingerprint density at radius 1 is 0.659 bits per heavy atom. The Morgan fingerprint density at radius 2 is 1.02 bits per heavy atom. The molecule has 2 N–H and O–H groups in total. The lowest BCUT2D eigenvalue weighted by molar-refractivity contribution is -0.143. The lowest BCUT2D eigenvalue weighted by Crippen LogP contribution is -2.31. The third kappa shape index (κ3) is 9.15.